The maximum atomic E-state index is 6.21. The Morgan fingerprint density at radius 1 is 1.38 bits per heavy atom. The van der Waals surface area contributed by atoms with Crippen molar-refractivity contribution in [1.29, 1.82) is 0 Å². The third-order valence-electron chi connectivity index (χ3n) is 3.31. The summed E-state index contributed by atoms with van der Waals surface area (Å²) in [7, 11) is 3.99. The molecule has 2 aromatic heterocycles. The molecule has 0 saturated carbocycles. The number of imidazole rings is 1. The molecule has 0 radical (unpaired) electrons. The topological polar surface area (TPSA) is 46.0 Å². The maximum Gasteiger partial charge on any atom is 0.129 e. The molecule has 2 rings (SSSR count). The van der Waals surface area contributed by atoms with Gasteiger partial charge in [-0.2, -0.15) is 0 Å². The molecule has 2 aromatic rings. The van der Waals surface area contributed by atoms with Crippen molar-refractivity contribution in [3.63, 3.8) is 0 Å². The monoisotopic (exact) mass is 307 g/mol. The normalized spacial score (nSPS) is 11.1. The van der Waals surface area contributed by atoms with Crippen molar-refractivity contribution in [3.8, 4) is 0 Å². The van der Waals surface area contributed by atoms with Crippen molar-refractivity contribution in [2.45, 2.75) is 33.0 Å². The zero-order chi connectivity index (χ0) is 15.4. The number of anilines is 1. The molecule has 0 saturated heterocycles. The predicted molar refractivity (Wildman–Crippen MR) is 86.5 cm³/mol. The van der Waals surface area contributed by atoms with Gasteiger partial charge in [0.05, 0.1) is 11.6 Å². The van der Waals surface area contributed by atoms with Crippen LogP contribution in [-0.4, -0.2) is 27.6 Å². The number of aryl methyl sites for hydroxylation is 1. The Morgan fingerprint density at radius 3 is 2.76 bits per heavy atom. The molecule has 0 aromatic carbocycles. The molecule has 21 heavy (non-hydrogen) atoms. The lowest BCUT2D eigenvalue weighted by Crippen LogP contribution is -2.23. The van der Waals surface area contributed by atoms with E-state index in [4.69, 9.17) is 11.6 Å². The van der Waals surface area contributed by atoms with Gasteiger partial charge in [0.25, 0.3) is 0 Å². The number of hydrogen-bond donors (Lipinski definition) is 1. The van der Waals surface area contributed by atoms with Crippen LogP contribution in [0.1, 0.15) is 25.2 Å². The average molecular weight is 308 g/mol. The first kappa shape index (κ1) is 15.8. The molecule has 0 aliphatic rings. The summed E-state index contributed by atoms with van der Waals surface area (Å²) in [5.41, 5.74) is 1.06. The summed E-state index contributed by atoms with van der Waals surface area (Å²) >= 11 is 6.21. The van der Waals surface area contributed by atoms with Gasteiger partial charge >= 0.3 is 0 Å². The molecule has 0 atom stereocenters. The van der Waals surface area contributed by atoms with Crippen LogP contribution < -0.4 is 10.2 Å². The summed E-state index contributed by atoms with van der Waals surface area (Å²) in [6.07, 6.45) is 5.45. The van der Waals surface area contributed by atoms with Gasteiger partial charge in [0.1, 0.15) is 11.6 Å². The van der Waals surface area contributed by atoms with E-state index >= 15 is 0 Å². The van der Waals surface area contributed by atoms with Crippen molar-refractivity contribution in [2.75, 3.05) is 11.9 Å². The highest BCUT2D eigenvalue weighted by Gasteiger charge is 2.10. The van der Waals surface area contributed by atoms with Gasteiger partial charge < -0.3 is 14.8 Å². The first-order valence-electron chi connectivity index (χ1n) is 7.02. The highest BCUT2D eigenvalue weighted by molar-refractivity contribution is 6.31. The minimum Gasteiger partial charge on any atom is -0.352 e. The van der Waals surface area contributed by atoms with Gasteiger partial charge in [-0.25, -0.2) is 9.97 Å². The van der Waals surface area contributed by atoms with Crippen LogP contribution in [0, 0.1) is 0 Å². The number of nitrogens with zero attached hydrogens (tertiary/aromatic N) is 4. The van der Waals surface area contributed by atoms with Crippen molar-refractivity contribution < 1.29 is 0 Å². The van der Waals surface area contributed by atoms with E-state index in [1.807, 2.05) is 30.9 Å². The Morgan fingerprint density at radius 2 is 2.14 bits per heavy atom. The number of aromatic nitrogens is 3. The average Bonchev–Trinajstić information content (AvgIpc) is 2.83. The summed E-state index contributed by atoms with van der Waals surface area (Å²) in [6, 6.07) is 2.45. The Bertz CT molecular complexity index is 593. The molecular formula is C15H22ClN5. The number of pyridine rings is 1. The minimum atomic E-state index is 0.419. The fourth-order valence-corrected chi connectivity index (χ4v) is 2.14. The van der Waals surface area contributed by atoms with E-state index in [0.29, 0.717) is 17.6 Å². The SMILES string of the molecule is CC(C)NCc1cc(N(C)Cc2nccn2C)ncc1Cl. The minimum absolute atomic E-state index is 0.419. The Balaban J connectivity index is 2.12. The van der Waals surface area contributed by atoms with Gasteiger partial charge in [0.15, 0.2) is 0 Å². The number of halogens is 1. The predicted octanol–water partition coefficient (Wildman–Crippen LogP) is 2.60. The van der Waals surface area contributed by atoms with Crippen LogP contribution in [-0.2, 0) is 20.1 Å². The van der Waals surface area contributed by atoms with Crippen LogP contribution in [0.25, 0.3) is 0 Å². The van der Waals surface area contributed by atoms with Crippen LogP contribution >= 0.6 is 11.6 Å². The lowest BCUT2D eigenvalue weighted by Gasteiger charge is -2.19. The second kappa shape index (κ2) is 6.91. The second-order valence-corrected chi connectivity index (χ2v) is 5.89. The third-order valence-corrected chi connectivity index (χ3v) is 3.65. The van der Waals surface area contributed by atoms with Crippen molar-refractivity contribution in [2.24, 2.45) is 7.05 Å². The van der Waals surface area contributed by atoms with Crippen molar-refractivity contribution in [3.05, 3.63) is 41.1 Å². The molecule has 0 unspecified atom stereocenters. The molecule has 0 spiro atoms. The van der Waals surface area contributed by atoms with Gasteiger partial charge in [-0.15, -0.1) is 0 Å². The molecule has 1 N–H and O–H groups in total. The smallest absolute Gasteiger partial charge is 0.129 e. The number of hydrogen-bond acceptors (Lipinski definition) is 4. The fraction of sp³-hybridized carbons (Fsp3) is 0.467. The second-order valence-electron chi connectivity index (χ2n) is 5.48. The van der Waals surface area contributed by atoms with Gasteiger partial charge in [-0.3, -0.25) is 0 Å². The first-order chi connectivity index (χ1) is 9.97. The molecule has 0 bridgehead atoms. The molecule has 5 nitrogen and oxygen atoms in total. The van der Waals surface area contributed by atoms with Crippen molar-refractivity contribution in [1.82, 2.24) is 19.9 Å². The van der Waals surface area contributed by atoms with Crippen LogP contribution in [0.5, 0.6) is 0 Å². The molecule has 114 valence electrons. The maximum absolute atomic E-state index is 6.21. The number of rotatable bonds is 6. The van der Waals surface area contributed by atoms with Gasteiger partial charge in [0.2, 0.25) is 0 Å². The molecule has 0 aliphatic carbocycles. The van der Waals surface area contributed by atoms with Crippen LogP contribution in [0.15, 0.2) is 24.7 Å². The van der Waals surface area contributed by atoms with Crippen LogP contribution in [0.3, 0.4) is 0 Å². The van der Waals surface area contributed by atoms with E-state index in [2.05, 4.69) is 34.0 Å². The fourth-order valence-electron chi connectivity index (χ4n) is 1.97. The lowest BCUT2D eigenvalue weighted by atomic mass is 10.2. The van der Waals surface area contributed by atoms with E-state index in [-0.39, 0.29) is 0 Å². The van der Waals surface area contributed by atoms with Crippen LogP contribution in [0.4, 0.5) is 5.82 Å². The van der Waals surface area contributed by atoms with E-state index in [9.17, 15) is 0 Å². The van der Waals surface area contributed by atoms with Gasteiger partial charge in [-0.1, -0.05) is 25.4 Å². The Kier molecular flexibility index (Phi) is 5.20. The van der Waals surface area contributed by atoms with E-state index in [1.165, 1.54) is 0 Å². The highest BCUT2D eigenvalue weighted by atomic mass is 35.5. The van der Waals surface area contributed by atoms with E-state index < -0.39 is 0 Å². The molecule has 0 aliphatic heterocycles. The Labute approximate surface area is 131 Å². The lowest BCUT2D eigenvalue weighted by molar-refractivity contribution is 0.588. The summed E-state index contributed by atoms with van der Waals surface area (Å²) < 4.78 is 2.01. The standard InChI is InChI=1S/C15H22ClN5/c1-11(2)18-8-12-7-14(19-9-13(12)16)21(4)10-15-17-5-6-20(15)3/h5-7,9,11,18H,8,10H2,1-4H3. The largest absolute Gasteiger partial charge is 0.352 e. The van der Waals surface area contributed by atoms with Gasteiger partial charge in [0, 0.05) is 45.3 Å². The summed E-state index contributed by atoms with van der Waals surface area (Å²) in [5.74, 6) is 1.89. The zero-order valence-corrected chi connectivity index (χ0v) is 13.7. The molecule has 2 heterocycles. The summed E-state index contributed by atoms with van der Waals surface area (Å²) in [5, 5.41) is 4.07. The Hall–Kier alpha value is -1.59. The molecule has 0 amide bonds. The third kappa shape index (κ3) is 4.19. The highest BCUT2D eigenvalue weighted by Crippen LogP contribution is 2.20. The van der Waals surface area contributed by atoms with E-state index in [1.54, 1.807) is 12.4 Å². The first-order valence-corrected chi connectivity index (χ1v) is 7.40. The molecular weight excluding hydrogens is 286 g/mol. The van der Waals surface area contributed by atoms with Crippen molar-refractivity contribution >= 4 is 17.4 Å². The molecule has 6 heteroatoms. The summed E-state index contributed by atoms with van der Waals surface area (Å²) in [4.78, 5) is 10.8. The van der Waals surface area contributed by atoms with Crippen LogP contribution in [0.2, 0.25) is 5.02 Å². The van der Waals surface area contributed by atoms with E-state index in [0.717, 1.165) is 23.8 Å². The summed E-state index contributed by atoms with van der Waals surface area (Å²) in [6.45, 7) is 5.67. The zero-order valence-electron chi connectivity index (χ0n) is 13.0. The van der Waals surface area contributed by atoms with Gasteiger partial charge in [-0.05, 0) is 11.6 Å². The molecule has 0 fully saturated rings. The quantitative estimate of drug-likeness (QED) is 0.891. The number of nitrogens with one attached hydrogen (secondary N) is 1.